The van der Waals surface area contributed by atoms with Crippen LogP contribution in [0.2, 0.25) is 0 Å². The number of aliphatic hydroxyl groups excluding tert-OH is 1. The van der Waals surface area contributed by atoms with E-state index in [2.05, 4.69) is 25.4 Å². The van der Waals surface area contributed by atoms with Gasteiger partial charge >= 0.3 is 0 Å². The van der Waals surface area contributed by atoms with E-state index in [4.69, 9.17) is 0 Å². The number of pyridine rings is 1. The summed E-state index contributed by atoms with van der Waals surface area (Å²) in [4.78, 5) is 6.64. The lowest BCUT2D eigenvalue weighted by Gasteiger charge is -2.32. The Hall–Kier alpha value is -3.41. The van der Waals surface area contributed by atoms with Crippen molar-refractivity contribution in [3.63, 3.8) is 0 Å². The molecule has 2 N–H and O–H groups in total. The molecule has 4 aromatic heterocycles. The number of alkyl halides is 2. The molecule has 5 heterocycles. The van der Waals surface area contributed by atoms with Crippen molar-refractivity contribution < 1.29 is 18.3 Å². The summed E-state index contributed by atoms with van der Waals surface area (Å²) in [6.45, 7) is 0.425. The molecule has 1 saturated heterocycles. The first-order valence-electron chi connectivity index (χ1n) is 10.2. The van der Waals surface area contributed by atoms with Gasteiger partial charge in [-0.3, -0.25) is 14.5 Å². The Morgan fingerprint density at radius 3 is 2.69 bits per heavy atom. The van der Waals surface area contributed by atoms with Crippen LogP contribution in [0.15, 0.2) is 24.5 Å². The zero-order chi connectivity index (χ0) is 22.4. The van der Waals surface area contributed by atoms with Gasteiger partial charge in [-0.2, -0.15) is 15.3 Å². The predicted molar refractivity (Wildman–Crippen MR) is 111 cm³/mol. The summed E-state index contributed by atoms with van der Waals surface area (Å²) >= 11 is 0. The maximum absolute atomic E-state index is 14.6. The Morgan fingerprint density at radius 1 is 1.28 bits per heavy atom. The fraction of sp³-hybridized carbons (Fsp3) is 0.400. The summed E-state index contributed by atoms with van der Waals surface area (Å²) in [7, 11) is 1.61. The van der Waals surface area contributed by atoms with E-state index in [0.29, 0.717) is 59.7 Å². The van der Waals surface area contributed by atoms with Crippen LogP contribution >= 0.6 is 0 Å². The first-order valence-corrected chi connectivity index (χ1v) is 10.2. The van der Waals surface area contributed by atoms with Crippen LogP contribution in [0.4, 0.5) is 18.9 Å². The zero-order valence-corrected chi connectivity index (χ0v) is 17.2. The number of aromatic amines is 1. The summed E-state index contributed by atoms with van der Waals surface area (Å²) in [5.41, 5.74) is 2.75. The summed E-state index contributed by atoms with van der Waals surface area (Å²) in [5.74, 6) is -0.539. The largest absolute Gasteiger partial charge is 0.393 e. The number of H-pyrrole nitrogens is 1. The zero-order valence-electron chi connectivity index (χ0n) is 17.2. The molecule has 1 fully saturated rings. The third-order valence-corrected chi connectivity index (χ3v) is 5.68. The van der Waals surface area contributed by atoms with Gasteiger partial charge in [-0.1, -0.05) is 0 Å². The lowest BCUT2D eigenvalue weighted by Crippen LogP contribution is -2.36. The number of nitrogens with one attached hydrogen (secondary N) is 1. The van der Waals surface area contributed by atoms with Crippen LogP contribution in [0.3, 0.4) is 0 Å². The number of aryl methyl sites for hydroxylation is 1. The van der Waals surface area contributed by atoms with Gasteiger partial charge in [-0.25, -0.2) is 18.2 Å². The van der Waals surface area contributed by atoms with Crippen LogP contribution in [-0.2, 0) is 13.6 Å². The predicted octanol–water partition coefficient (Wildman–Crippen LogP) is 2.59. The van der Waals surface area contributed by atoms with Crippen LogP contribution in [-0.4, -0.2) is 65.5 Å². The van der Waals surface area contributed by atoms with Crippen molar-refractivity contribution in [3.8, 4) is 22.8 Å². The number of nitrogens with zero attached hydrogens (tertiary/aromatic N) is 7. The molecule has 0 amide bonds. The molecule has 9 nitrogen and oxygen atoms in total. The second-order valence-electron chi connectivity index (χ2n) is 7.80. The van der Waals surface area contributed by atoms with Crippen molar-refractivity contribution in [2.24, 2.45) is 7.05 Å². The Morgan fingerprint density at radius 2 is 2.06 bits per heavy atom. The van der Waals surface area contributed by atoms with E-state index in [-0.39, 0.29) is 5.69 Å². The van der Waals surface area contributed by atoms with Crippen LogP contribution in [0.5, 0.6) is 0 Å². The standard InChI is InChI=1S/C20H21F3N8O/c1-29-19(12(21)9-25-29)14-8-15(30-6-3-11(32)4-7-30)20-18(26-14)17(13-2-5-24-27-13)28-31(20)10-16(22)23/h2,5,8-9,11,16,32H,3-4,6-7,10H2,1H3,(H,24,27). The second-order valence-corrected chi connectivity index (χ2v) is 7.80. The number of piperidine rings is 1. The Labute approximate surface area is 180 Å². The minimum atomic E-state index is -2.63. The van der Waals surface area contributed by atoms with Gasteiger partial charge in [0.05, 0.1) is 29.4 Å². The van der Waals surface area contributed by atoms with Crippen LogP contribution in [0, 0.1) is 5.82 Å². The highest BCUT2D eigenvalue weighted by Crippen LogP contribution is 2.37. The van der Waals surface area contributed by atoms with Crippen molar-refractivity contribution in [1.29, 1.82) is 0 Å². The van der Waals surface area contributed by atoms with E-state index in [1.165, 1.54) is 15.6 Å². The van der Waals surface area contributed by atoms with Crippen molar-refractivity contribution in [3.05, 3.63) is 30.3 Å². The van der Waals surface area contributed by atoms with Gasteiger partial charge in [-0.05, 0) is 25.0 Å². The first-order chi connectivity index (χ1) is 15.4. The van der Waals surface area contributed by atoms with E-state index >= 15 is 0 Å². The minimum Gasteiger partial charge on any atom is -0.393 e. The fourth-order valence-electron chi connectivity index (χ4n) is 4.16. The molecular weight excluding hydrogens is 425 g/mol. The molecule has 12 heteroatoms. The van der Waals surface area contributed by atoms with Gasteiger partial charge in [0.25, 0.3) is 6.43 Å². The van der Waals surface area contributed by atoms with Gasteiger partial charge in [0.1, 0.15) is 29.0 Å². The van der Waals surface area contributed by atoms with Crippen molar-refractivity contribution >= 4 is 16.7 Å². The average Bonchev–Trinajstić information content (AvgIpc) is 3.48. The van der Waals surface area contributed by atoms with Crippen molar-refractivity contribution in [2.45, 2.75) is 31.9 Å². The first kappa shape index (κ1) is 20.5. The number of aliphatic hydroxyl groups is 1. The summed E-state index contributed by atoms with van der Waals surface area (Å²) < 4.78 is 44.0. The molecule has 1 aliphatic heterocycles. The highest BCUT2D eigenvalue weighted by atomic mass is 19.3. The van der Waals surface area contributed by atoms with Gasteiger partial charge in [0.2, 0.25) is 0 Å². The third kappa shape index (κ3) is 3.49. The highest BCUT2D eigenvalue weighted by Gasteiger charge is 2.27. The molecule has 0 atom stereocenters. The molecule has 0 unspecified atom stereocenters. The summed E-state index contributed by atoms with van der Waals surface area (Å²) in [6.07, 6.45) is 0.673. The second kappa shape index (κ2) is 7.93. The lowest BCUT2D eigenvalue weighted by molar-refractivity contribution is 0.123. The fourth-order valence-corrected chi connectivity index (χ4v) is 4.16. The molecule has 5 rings (SSSR count). The van der Waals surface area contributed by atoms with Gasteiger partial charge in [-0.15, -0.1) is 0 Å². The summed E-state index contributed by atoms with van der Waals surface area (Å²) in [6, 6.07) is 3.35. The topological polar surface area (TPSA) is 101 Å². The molecule has 168 valence electrons. The minimum absolute atomic E-state index is 0.183. The third-order valence-electron chi connectivity index (χ3n) is 5.68. The maximum Gasteiger partial charge on any atom is 0.257 e. The number of fused-ring (bicyclic) bond motifs is 1. The van der Waals surface area contributed by atoms with Crippen molar-refractivity contribution in [2.75, 3.05) is 18.0 Å². The number of anilines is 1. The van der Waals surface area contributed by atoms with E-state index in [0.717, 1.165) is 6.20 Å². The molecular formula is C20H21F3N8O. The molecule has 0 aliphatic carbocycles. The number of aromatic nitrogens is 7. The molecule has 0 aromatic carbocycles. The van der Waals surface area contributed by atoms with Crippen LogP contribution in [0.25, 0.3) is 33.8 Å². The van der Waals surface area contributed by atoms with E-state index < -0.39 is 24.9 Å². The lowest BCUT2D eigenvalue weighted by atomic mass is 10.1. The highest BCUT2D eigenvalue weighted by molar-refractivity contribution is 5.98. The van der Waals surface area contributed by atoms with Gasteiger partial charge in [0.15, 0.2) is 5.82 Å². The van der Waals surface area contributed by atoms with Crippen molar-refractivity contribution in [1.82, 2.24) is 34.7 Å². The van der Waals surface area contributed by atoms with Crippen LogP contribution in [0.1, 0.15) is 12.8 Å². The van der Waals surface area contributed by atoms with Gasteiger partial charge < -0.3 is 10.0 Å². The number of rotatable bonds is 5. The molecule has 0 radical (unpaired) electrons. The normalized spacial score (nSPS) is 15.4. The van der Waals surface area contributed by atoms with E-state index in [1.807, 2.05) is 4.90 Å². The molecule has 1 aliphatic rings. The average molecular weight is 446 g/mol. The Balaban J connectivity index is 1.80. The Kier molecular flexibility index (Phi) is 5.08. The smallest absolute Gasteiger partial charge is 0.257 e. The molecule has 0 saturated carbocycles. The number of hydrogen-bond donors (Lipinski definition) is 2. The quantitative estimate of drug-likeness (QED) is 0.489. The molecule has 0 spiro atoms. The van der Waals surface area contributed by atoms with Crippen LogP contribution < -0.4 is 4.90 Å². The number of hydrogen-bond acceptors (Lipinski definition) is 6. The van der Waals surface area contributed by atoms with E-state index in [9.17, 15) is 18.3 Å². The SMILES string of the molecule is Cn1ncc(F)c1-c1cc(N2CCC(O)CC2)c2c(n1)c(-c1ccn[nH]1)nn2CC(F)F. The molecule has 4 aromatic rings. The number of halogens is 3. The summed E-state index contributed by atoms with van der Waals surface area (Å²) in [5, 5.41) is 25.1. The molecule has 32 heavy (non-hydrogen) atoms. The van der Waals surface area contributed by atoms with E-state index in [1.54, 1.807) is 19.2 Å². The molecule has 0 bridgehead atoms. The maximum atomic E-state index is 14.6. The Bertz CT molecular complexity index is 1220. The monoisotopic (exact) mass is 446 g/mol. The van der Waals surface area contributed by atoms with Gasteiger partial charge in [0, 0.05) is 26.3 Å².